The van der Waals surface area contributed by atoms with Crippen molar-refractivity contribution in [1.82, 2.24) is 0 Å². The van der Waals surface area contributed by atoms with E-state index in [1.54, 1.807) is 0 Å². The molecule has 0 aliphatic carbocycles. The van der Waals surface area contributed by atoms with E-state index in [0.29, 0.717) is 0 Å². The van der Waals surface area contributed by atoms with E-state index in [-0.39, 0.29) is 5.33 Å². The number of esters is 1. The first-order chi connectivity index (χ1) is 4.99. The molecule has 0 saturated heterocycles. The van der Waals surface area contributed by atoms with Crippen LogP contribution in [0.3, 0.4) is 0 Å². The van der Waals surface area contributed by atoms with E-state index in [0.717, 1.165) is 0 Å². The lowest BCUT2D eigenvalue weighted by Crippen LogP contribution is -2.36. The molecule has 0 aromatic carbocycles. The third-order valence-electron chi connectivity index (χ3n) is 1.34. The van der Waals surface area contributed by atoms with E-state index in [1.165, 1.54) is 14.0 Å². The van der Waals surface area contributed by atoms with Gasteiger partial charge >= 0.3 is 5.97 Å². The quantitative estimate of drug-likeness (QED) is 0.325. The Kier molecular flexibility index (Phi) is 4.03. The van der Waals surface area contributed by atoms with Crippen LogP contribution in [0.1, 0.15) is 6.92 Å². The van der Waals surface area contributed by atoms with Crippen LogP contribution in [0.4, 0.5) is 0 Å². The fraction of sp³-hybridized carbons (Fsp3) is 0.667. The molecule has 0 bridgehead atoms. The number of rotatable bonds is 3. The molecule has 0 amide bonds. The fourth-order valence-electron chi connectivity index (χ4n) is 0.413. The Morgan fingerprint density at radius 3 is 2.18 bits per heavy atom. The van der Waals surface area contributed by atoms with Gasteiger partial charge in [-0.15, -0.1) is 0 Å². The van der Waals surface area contributed by atoms with E-state index >= 15 is 0 Å². The number of halogens is 2. The first kappa shape index (κ1) is 10.9. The average molecular weight is 243 g/mol. The maximum absolute atomic E-state index is 10.9. The molecule has 0 radical (unpaired) electrons. The number of ether oxygens (including phenoxy) is 1. The van der Waals surface area contributed by atoms with Crippen molar-refractivity contribution in [3.8, 4) is 0 Å². The maximum atomic E-state index is 10.9. The molecule has 1 atom stereocenters. The number of methoxy groups -OCH3 is 1. The van der Waals surface area contributed by atoms with Crippen molar-refractivity contribution in [2.75, 3.05) is 12.4 Å². The smallest absolute Gasteiger partial charge is 0.321 e. The summed E-state index contributed by atoms with van der Waals surface area (Å²) in [5.74, 6) is -0.630. The Balaban J connectivity index is 4.59. The van der Waals surface area contributed by atoms with Crippen molar-refractivity contribution in [2.45, 2.75) is 6.92 Å². The molecule has 0 rings (SSSR count). The molecule has 1 unspecified atom stereocenters. The standard InChI is InChI=1S/C6H8BrClO3/c1-6(3-7,4(8)9)5(10)11-2/h3H2,1-2H3. The van der Waals surface area contributed by atoms with E-state index in [2.05, 4.69) is 20.7 Å². The first-order valence-corrected chi connectivity index (χ1v) is 4.33. The molecule has 0 aromatic heterocycles. The van der Waals surface area contributed by atoms with Crippen molar-refractivity contribution < 1.29 is 14.3 Å². The highest BCUT2D eigenvalue weighted by Crippen LogP contribution is 2.24. The monoisotopic (exact) mass is 242 g/mol. The van der Waals surface area contributed by atoms with Crippen molar-refractivity contribution in [1.29, 1.82) is 0 Å². The van der Waals surface area contributed by atoms with Crippen LogP contribution in [0.25, 0.3) is 0 Å². The van der Waals surface area contributed by atoms with Gasteiger partial charge in [0.05, 0.1) is 7.11 Å². The predicted octanol–water partition coefficient (Wildman–Crippen LogP) is 1.33. The zero-order valence-electron chi connectivity index (χ0n) is 6.19. The summed E-state index contributed by atoms with van der Waals surface area (Å²) < 4.78 is 4.39. The summed E-state index contributed by atoms with van der Waals surface area (Å²) in [5.41, 5.74) is -1.27. The molecule has 0 spiro atoms. The van der Waals surface area contributed by atoms with Crippen LogP contribution in [-0.2, 0) is 14.3 Å². The zero-order chi connectivity index (χ0) is 9.07. The van der Waals surface area contributed by atoms with Gasteiger partial charge in [0.1, 0.15) is 5.41 Å². The Hall–Kier alpha value is -0.0900. The van der Waals surface area contributed by atoms with Gasteiger partial charge in [-0.2, -0.15) is 0 Å². The minimum atomic E-state index is -1.27. The van der Waals surface area contributed by atoms with E-state index in [1.807, 2.05) is 0 Å². The van der Waals surface area contributed by atoms with Crippen LogP contribution in [0, 0.1) is 5.41 Å². The van der Waals surface area contributed by atoms with Gasteiger partial charge in [-0.25, -0.2) is 0 Å². The molecule has 0 N–H and O–H groups in total. The van der Waals surface area contributed by atoms with Crippen LogP contribution in [0.15, 0.2) is 0 Å². The Morgan fingerprint density at radius 1 is 1.64 bits per heavy atom. The fourth-order valence-corrected chi connectivity index (χ4v) is 1.20. The van der Waals surface area contributed by atoms with Crippen LogP contribution in [-0.4, -0.2) is 23.7 Å². The first-order valence-electron chi connectivity index (χ1n) is 2.83. The number of hydrogen-bond acceptors (Lipinski definition) is 3. The average Bonchev–Trinajstić information content (AvgIpc) is 2.01. The van der Waals surface area contributed by atoms with Gasteiger partial charge in [0.25, 0.3) is 0 Å². The molecule has 0 heterocycles. The maximum Gasteiger partial charge on any atom is 0.321 e. The van der Waals surface area contributed by atoms with E-state index in [9.17, 15) is 9.59 Å². The van der Waals surface area contributed by atoms with Crippen LogP contribution < -0.4 is 0 Å². The van der Waals surface area contributed by atoms with E-state index < -0.39 is 16.6 Å². The summed E-state index contributed by atoms with van der Waals surface area (Å²) in [6.45, 7) is 1.42. The van der Waals surface area contributed by atoms with Gasteiger partial charge < -0.3 is 4.74 Å². The van der Waals surface area contributed by atoms with Crippen LogP contribution in [0.2, 0.25) is 0 Å². The highest BCUT2D eigenvalue weighted by Gasteiger charge is 2.40. The van der Waals surface area contributed by atoms with Gasteiger partial charge in [0.2, 0.25) is 5.24 Å². The summed E-state index contributed by atoms with van der Waals surface area (Å²) >= 11 is 8.20. The summed E-state index contributed by atoms with van der Waals surface area (Å²) in [6.07, 6.45) is 0. The molecule has 3 nitrogen and oxygen atoms in total. The molecule has 5 heteroatoms. The molecular formula is C6H8BrClO3. The largest absolute Gasteiger partial charge is 0.468 e. The minimum Gasteiger partial charge on any atom is -0.468 e. The molecular weight excluding hydrogens is 235 g/mol. The minimum absolute atomic E-state index is 0.162. The SMILES string of the molecule is COC(=O)C(C)(CBr)C(=O)Cl. The second-order valence-corrected chi connectivity index (χ2v) is 3.14. The van der Waals surface area contributed by atoms with Gasteiger partial charge in [0.15, 0.2) is 0 Å². The highest BCUT2D eigenvalue weighted by molar-refractivity contribution is 9.09. The van der Waals surface area contributed by atoms with Crippen LogP contribution >= 0.6 is 27.5 Å². The Morgan fingerprint density at radius 2 is 2.09 bits per heavy atom. The number of carbonyl (C=O) groups is 2. The Labute approximate surface area is 78.2 Å². The normalized spacial score (nSPS) is 15.3. The second kappa shape index (κ2) is 4.07. The molecule has 0 aliphatic rings. The van der Waals surface area contributed by atoms with Crippen molar-refractivity contribution in [3.05, 3.63) is 0 Å². The number of carbonyl (C=O) groups excluding carboxylic acids is 2. The molecule has 0 saturated carbocycles. The summed E-state index contributed by atoms with van der Waals surface area (Å²) in [4.78, 5) is 21.7. The third-order valence-corrected chi connectivity index (χ3v) is 2.88. The lowest BCUT2D eigenvalue weighted by Gasteiger charge is -2.18. The molecule has 0 aliphatic heterocycles. The number of hydrogen-bond donors (Lipinski definition) is 0. The van der Waals surface area contributed by atoms with E-state index in [4.69, 9.17) is 11.6 Å². The topological polar surface area (TPSA) is 43.4 Å². The molecule has 0 fully saturated rings. The van der Waals surface area contributed by atoms with Gasteiger partial charge in [-0.3, -0.25) is 9.59 Å². The summed E-state index contributed by atoms with van der Waals surface area (Å²) in [6, 6.07) is 0. The Bertz CT molecular complexity index is 183. The van der Waals surface area contributed by atoms with Gasteiger partial charge in [0, 0.05) is 5.33 Å². The zero-order valence-corrected chi connectivity index (χ0v) is 8.53. The third kappa shape index (κ3) is 2.17. The summed E-state index contributed by atoms with van der Waals surface area (Å²) in [5, 5.41) is -0.559. The molecule has 64 valence electrons. The lowest BCUT2D eigenvalue weighted by atomic mass is 9.96. The number of alkyl halides is 1. The second-order valence-electron chi connectivity index (χ2n) is 2.23. The van der Waals surface area contributed by atoms with Crippen LogP contribution in [0.5, 0.6) is 0 Å². The lowest BCUT2D eigenvalue weighted by molar-refractivity contribution is -0.152. The van der Waals surface area contributed by atoms with Gasteiger partial charge in [-0.05, 0) is 18.5 Å². The predicted molar refractivity (Wildman–Crippen MR) is 44.8 cm³/mol. The van der Waals surface area contributed by atoms with Crippen molar-refractivity contribution in [3.63, 3.8) is 0 Å². The highest BCUT2D eigenvalue weighted by atomic mass is 79.9. The van der Waals surface area contributed by atoms with Crippen molar-refractivity contribution >= 4 is 38.7 Å². The summed E-state index contributed by atoms with van der Waals surface area (Å²) in [7, 11) is 1.21. The van der Waals surface area contributed by atoms with Crippen molar-refractivity contribution in [2.24, 2.45) is 5.41 Å². The van der Waals surface area contributed by atoms with Gasteiger partial charge in [-0.1, -0.05) is 15.9 Å². The molecule has 11 heavy (non-hydrogen) atoms. The molecule has 0 aromatic rings.